The van der Waals surface area contributed by atoms with Gasteiger partial charge in [-0.2, -0.15) is 28.2 Å². The fraction of sp³-hybridized carbons (Fsp3) is 0.381. The van der Waals surface area contributed by atoms with Gasteiger partial charge < -0.3 is 4.90 Å². The highest BCUT2D eigenvalue weighted by atomic mass is 19.4. The number of alkyl halides is 3. The molecule has 0 aliphatic carbocycles. The van der Waals surface area contributed by atoms with Crippen molar-refractivity contribution in [3.8, 4) is 5.69 Å². The van der Waals surface area contributed by atoms with Crippen molar-refractivity contribution in [3.63, 3.8) is 0 Å². The molecular formula is C21H18F4N6O. The highest BCUT2D eigenvalue weighted by Crippen LogP contribution is 2.44. The molecule has 7 nitrogen and oxygen atoms in total. The zero-order chi connectivity index (χ0) is 22.5. The van der Waals surface area contributed by atoms with Gasteiger partial charge in [-0.15, -0.1) is 0 Å². The van der Waals surface area contributed by atoms with Gasteiger partial charge in [0, 0.05) is 18.3 Å². The Morgan fingerprint density at radius 3 is 2.56 bits per heavy atom. The van der Waals surface area contributed by atoms with Gasteiger partial charge in [0.1, 0.15) is 5.82 Å². The lowest BCUT2D eigenvalue weighted by molar-refractivity contribution is -0.141. The lowest BCUT2D eigenvalue weighted by Gasteiger charge is -2.25. The third-order valence-corrected chi connectivity index (χ3v) is 6.19. The molecule has 0 radical (unpaired) electrons. The largest absolute Gasteiger partial charge is 0.434 e. The third kappa shape index (κ3) is 3.61. The molecule has 2 saturated heterocycles. The molecule has 2 aliphatic heterocycles. The number of carbonyl (C=O) groups is 1. The summed E-state index contributed by atoms with van der Waals surface area (Å²) in [5.74, 6) is -0.791. The average molecular weight is 446 g/mol. The second kappa shape index (κ2) is 7.64. The Bertz CT molecular complexity index is 1130. The molecule has 0 spiro atoms. The minimum absolute atomic E-state index is 0.0124. The first-order valence-corrected chi connectivity index (χ1v) is 10.2. The number of benzene rings is 1. The van der Waals surface area contributed by atoms with Crippen molar-refractivity contribution in [2.24, 2.45) is 5.92 Å². The van der Waals surface area contributed by atoms with Crippen molar-refractivity contribution in [2.75, 3.05) is 0 Å². The summed E-state index contributed by atoms with van der Waals surface area (Å²) < 4.78 is 52.2. The molecule has 3 aromatic rings. The van der Waals surface area contributed by atoms with Gasteiger partial charge >= 0.3 is 6.18 Å². The maximum Gasteiger partial charge on any atom is 0.434 e. The van der Waals surface area contributed by atoms with E-state index in [-0.39, 0.29) is 29.5 Å². The molecule has 0 N–H and O–H groups in total. The van der Waals surface area contributed by atoms with Crippen LogP contribution in [-0.4, -0.2) is 47.9 Å². The molecule has 32 heavy (non-hydrogen) atoms. The summed E-state index contributed by atoms with van der Waals surface area (Å²) in [6, 6.07) is 3.80. The molecule has 3 atom stereocenters. The second-order valence-corrected chi connectivity index (χ2v) is 8.08. The van der Waals surface area contributed by atoms with E-state index in [1.807, 2.05) is 0 Å². The molecule has 5 rings (SSSR count). The van der Waals surface area contributed by atoms with Crippen molar-refractivity contribution in [1.29, 1.82) is 0 Å². The molecule has 166 valence electrons. The minimum atomic E-state index is -4.53. The minimum Gasteiger partial charge on any atom is -0.332 e. The Hall–Kier alpha value is -3.37. The van der Waals surface area contributed by atoms with Gasteiger partial charge in [-0.25, -0.2) is 9.37 Å². The van der Waals surface area contributed by atoms with Crippen LogP contribution in [0.25, 0.3) is 5.69 Å². The normalized spacial score (nSPS) is 22.5. The van der Waals surface area contributed by atoms with Gasteiger partial charge in [0.25, 0.3) is 5.91 Å². The lowest BCUT2D eigenvalue weighted by Crippen LogP contribution is -2.37. The number of amides is 1. The van der Waals surface area contributed by atoms with Gasteiger partial charge in [-0.1, -0.05) is 0 Å². The molecule has 4 heterocycles. The van der Waals surface area contributed by atoms with Crippen molar-refractivity contribution in [1.82, 2.24) is 29.9 Å². The van der Waals surface area contributed by atoms with E-state index in [1.54, 1.807) is 4.90 Å². The molecule has 2 aromatic heterocycles. The van der Waals surface area contributed by atoms with Gasteiger partial charge in [0.05, 0.1) is 35.5 Å². The van der Waals surface area contributed by atoms with Gasteiger partial charge in [-0.3, -0.25) is 9.78 Å². The molecule has 2 fully saturated rings. The van der Waals surface area contributed by atoms with Gasteiger partial charge in [0.15, 0.2) is 5.69 Å². The van der Waals surface area contributed by atoms with E-state index >= 15 is 0 Å². The summed E-state index contributed by atoms with van der Waals surface area (Å²) in [5.41, 5.74) is -0.0158. The van der Waals surface area contributed by atoms with Crippen molar-refractivity contribution in [2.45, 2.75) is 43.9 Å². The predicted octanol–water partition coefficient (Wildman–Crippen LogP) is 3.45. The van der Waals surface area contributed by atoms with Crippen LogP contribution in [0.1, 0.15) is 41.0 Å². The average Bonchev–Trinajstić information content (AvgIpc) is 3.49. The Balaban J connectivity index is 1.38. The molecule has 1 amide bonds. The fourth-order valence-corrected chi connectivity index (χ4v) is 4.86. The smallest absolute Gasteiger partial charge is 0.332 e. The van der Waals surface area contributed by atoms with E-state index in [1.165, 1.54) is 35.4 Å². The van der Waals surface area contributed by atoms with E-state index in [4.69, 9.17) is 0 Å². The van der Waals surface area contributed by atoms with E-state index in [9.17, 15) is 22.4 Å². The summed E-state index contributed by atoms with van der Waals surface area (Å²) in [5, 5.41) is 8.10. The molecule has 0 saturated carbocycles. The quantitative estimate of drug-likeness (QED) is 0.574. The Morgan fingerprint density at radius 2 is 1.88 bits per heavy atom. The molecule has 2 aliphatic rings. The Morgan fingerprint density at radius 1 is 1.09 bits per heavy atom. The highest BCUT2D eigenvalue weighted by Gasteiger charge is 2.49. The summed E-state index contributed by atoms with van der Waals surface area (Å²) in [4.78, 5) is 23.9. The third-order valence-electron chi connectivity index (χ3n) is 6.19. The number of rotatable bonds is 4. The summed E-state index contributed by atoms with van der Waals surface area (Å²) >= 11 is 0. The monoisotopic (exact) mass is 446 g/mol. The van der Waals surface area contributed by atoms with Crippen LogP contribution in [0.4, 0.5) is 17.6 Å². The van der Waals surface area contributed by atoms with E-state index in [0.717, 1.165) is 25.2 Å². The number of aromatic nitrogens is 5. The van der Waals surface area contributed by atoms with Crippen molar-refractivity contribution in [3.05, 3.63) is 65.8 Å². The van der Waals surface area contributed by atoms with Crippen LogP contribution >= 0.6 is 0 Å². The van der Waals surface area contributed by atoms with Crippen LogP contribution < -0.4 is 0 Å². The highest BCUT2D eigenvalue weighted by molar-refractivity contribution is 5.98. The van der Waals surface area contributed by atoms with E-state index < -0.39 is 17.7 Å². The molecule has 3 unspecified atom stereocenters. The van der Waals surface area contributed by atoms with E-state index in [2.05, 4.69) is 20.2 Å². The van der Waals surface area contributed by atoms with Crippen LogP contribution in [0.5, 0.6) is 0 Å². The summed E-state index contributed by atoms with van der Waals surface area (Å²) in [6.07, 6.45) is 3.03. The first-order chi connectivity index (χ1) is 15.3. The first-order valence-electron chi connectivity index (χ1n) is 10.2. The Labute approximate surface area is 180 Å². The number of nitrogens with zero attached hydrogens (tertiary/aromatic N) is 6. The van der Waals surface area contributed by atoms with Crippen molar-refractivity contribution < 1.29 is 22.4 Å². The Kier molecular flexibility index (Phi) is 4.90. The van der Waals surface area contributed by atoms with Gasteiger partial charge in [0.2, 0.25) is 0 Å². The standard InChI is InChI=1S/C21H18F4N6O/c22-13-1-3-18(31-28-5-6-29-31)16(9-13)20(32)30-15-2-4-17(30)12(8-15)7-14-10-27-19(11-26-14)21(23,24)25/h1,3,5-6,9-12,15,17H,2,4,7-8H2. The van der Waals surface area contributed by atoms with Crippen LogP contribution in [0.3, 0.4) is 0 Å². The summed E-state index contributed by atoms with van der Waals surface area (Å²) in [6.45, 7) is 0. The summed E-state index contributed by atoms with van der Waals surface area (Å²) in [7, 11) is 0. The molecule has 11 heteroatoms. The topological polar surface area (TPSA) is 76.8 Å². The second-order valence-electron chi connectivity index (χ2n) is 8.08. The lowest BCUT2D eigenvalue weighted by atomic mass is 9.86. The molecule has 2 bridgehead atoms. The number of halogens is 4. The molecular weight excluding hydrogens is 428 g/mol. The fourth-order valence-electron chi connectivity index (χ4n) is 4.86. The van der Waals surface area contributed by atoms with E-state index in [0.29, 0.717) is 24.2 Å². The number of hydrogen-bond acceptors (Lipinski definition) is 5. The SMILES string of the molecule is O=C(c1cc(F)ccc1-n1nccn1)N1C2CCC1C(Cc1cnc(C(F)(F)F)cn1)C2. The van der Waals surface area contributed by atoms with Crippen LogP contribution in [0.15, 0.2) is 43.0 Å². The maximum atomic E-state index is 14.0. The number of hydrogen-bond donors (Lipinski definition) is 0. The first kappa shape index (κ1) is 20.5. The van der Waals surface area contributed by atoms with Crippen LogP contribution in [0, 0.1) is 11.7 Å². The van der Waals surface area contributed by atoms with Crippen molar-refractivity contribution >= 4 is 5.91 Å². The number of fused-ring (bicyclic) bond motifs is 2. The van der Waals surface area contributed by atoms with Crippen LogP contribution in [-0.2, 0) is 12.6 Å². The van der Waals surface area contributed by atoms with Gasteiger partial charge in [-0.05, 0) is 49.8 Å². The zero-order valence-corrected chi connectivity index (χ0v) is 16.7. The number of carbonyl (C=O) groups excluding carboxylic acids is 1. The zero-order valence-electron chi connectivity index (χ0n) is 16.7. The molecule has 1 aromatic carbocycles. The predicted molar refractivity (Wildman–Crippen MR) is 103 cm³/mol. The maximum absolute atomic E-state index is 14.0. The van der Waals surface area contributed by atoms with Crippen LogP contribution in [0.2, 0.25) is 0 Å².